The molecule has 3 rings (SSSR count). The highest BCUT2D eigenvalue weighted by Gasteiger charge is 2.20. The van der Waals surface area contributed by atoms with E-state index in [0.29, 0.717) is 11.6 Å². The van der Waals surface area contributed by atoms with Crippen LogP contribution in [0.4, 0.5) is 5.82 Å². The first-order valence-corrected chi connectivity index (χ1v) is 6.40. The smallest absolute Gasteiger partial charge is 0.337 e. The van der Waals surface area contributed by atoms with E-state index in [9.17, 15) is 9.90 Å². The van der Waals surface area contributed by atoms with Crippen molar-refractivity contribution in [3.05, 3.63) is 29.6 Å². The summed E-state index contributed by atoms with van der Waals surface area (Å²) in [4.78, 5) is 19.7. The first-order valence-electron chi connectivity index (χ1n) is 6.40. The number of hydrogen-bond donors (Lipinski definition) is 2. The third-order valence-electron chi connectivity index (χ3n) is 3.56. The fourth-order valence-electron chi connectivity index (χ4n) is 2.34. The minimum Gasteiger partial charge on any atom is -0.478 e. The molecule has 98 valence electrons. The Bertz CT molecular complexity index is 650. The predicted octanol–water partition coefficient (Wildman–Crippen LogP) is 2.60. The Hall–Kier alpha value is -2.17. The molecule has 2 N–H and O–H groups in total. The van der Waals surface area contributed by atoms with Crippen LogP contribution in [0.25, 0.3) is 10.9 Å². The number of hydrogen-bond acceptors (Lipinski definition) is 4. The number of rotatable bonds is 3. The first kappa shape index (κ1) is 11.9. The zero-order chi connectivity index (χ0) is 13.4. The van der Waals surface area contributed by atoms with Gasteiger partial charge in [0.15, 0.2) is 0 Å². The van der Waals surface area contributed by atoms with Gasteiger partial charge in [0.2, 0.25) is 0 Å². The number of carboxylic acids is 1. The lowest BCUT2D eigenvalue weighted by Gasteiger charge is -2.27. The van der Waals surface area contributed by atoms with Crippen LogP contribution in [0.3, 0.4) is 0 Å². The summed E-state index contributed by atoms with van der Waals surface area (Å²) in [7, 11) is 0. The van der Waals surface area contributed by atoms with Crippen LogP contribution in [0.1, 0.15) is 35.2 Å². The number of carbonyl (C=O) groups is 1. The van der Waals surface area contributed by atoms with Gasteiger partial charge in [0.1, 0.15) is 12.1 Å². The highest BCUT2D eigenvalue weighted by Crippen LogP contribution is 2.28. The molecule has 0 radical (unpaired) electrons. The van der Waals surface area contributed by atoms with E-state index in [0.717, 1.165) is 29.6 Å². The highest BCUT2D eigenvalue weighted by molar-refractivity contribution is 6.05. The standard InChI is InChI=1S/C14H15N3O2/c1-8-5-10-12(11(6-8)14(18)19)15-7-16-13(10)17-9-3-2-4-9/h5-7,9H,2-4H2,1H3,(H,18,19)(H,15,16,17). The second-order valence-corrected chi connectivity index (χ2v) is 5.01. The van der Waals surface area contributed by atoms with Gasteiger partial charge < -0.3 is 10.4 Å². The summed E-state index contributed by atoms with van der Waals surface area (Å²) in [6, 6.07) is 4.03. The van der Waals surface area contributed by atoms with E-state index in [2.05, 4.69) is 15.3 Å². The van der Waals surface area contributed by atoms with Gasteiger partial charge in [-0.05, 0) is 43.9 Å². The van der Waals surface area contributed by atoms with Crippen LogP contribution in [0.2, 0.25) is 0 Å². The normalized spacial score (nSPS) is 15.2. The largest absolute Gasteiger partial charge is 0.478 e. The summed E-state index contributed by atoms with van der Waals surface area (Å²) in [5.41, 5.74) is 1.63. The van der Waals surface area contributed by atoms with Gasteiger partial charge in [-0.15, -0.1) is 0 Å². The zero-order valence-electron chi connectivity index (χ0n) is 10.7. The van der Waals surface area contributed by atoms with Gasteiger partial charge in [0.05, 0.1) is 11.1 Å². The Kier molecular flexibility index (Phi) is 2.81. The van der Waals surface area contributed by atoms with Crippen molar-refractivity contribution in [1.29, 1.82) is 0 Å². The van der Waals surface area contributed by atoms with Crippen LogP contribution in [0, 0.1) is 6.92 Å². The van der Waals surface area contributed by atoms with E-state index in [1.165, 1.54) is 12.7 Å². The molecule has 5 nitrogen and oxygen atoms in total. The Morgan fingerprint density at radius 2 is 2.16 bits per heavy atom. The van der Waals surface area contributed by atoms with Crippen LogP contribution in [-0.2, 0) is 0 Å². The highest BCUT2D eigenvalue weighted by atomic mass is 16.4. The number of aryl methyl sites for hydroxylation is 1. The predicted molar refractivity (Wildman–Crippen MR) is 72.5 cm³/mol. The quantitative estimate of drug-likeness (QED) is 0.884. The third-order valence-corrected chi connectivity index (χ3v) is 3.56. The molecule has 0 saturated heterocycles. The molecule has 19 heavy (non-hydrogen) atoms. The minimum atomic E-state index is -0.956. The van der Waals surface area contributed by atoms with Crippen LogP contribution in [-0.4, -0.2) is 27.1 Å². The number of fused-ring (bicyclic) bond motifs is 1. The molecule has 1 heterocycles. The SMILES string of the molecule is Cc1cc(C(=O)O)c2ncnc(NC3CCC3)c2c1. The van der Waals surface area contributed by atoms with Crippen LogP contribution >= 0.6 is 0 Å². The lowest BCUT2D eigenvalue weighted by Crippen LogP contribution is -2.27. The summed E-state index contributed by atoms with van der Waals surface area (Å²) >= 11 is 0. The maximum atomic E-state index is 11.3. The van der Waals surface area contributed by atoms with Crippen LogP contribution in [0.15, 0.2) is 18.5 Å². The number of anilines is 1. The minimum absolute atomic E-state index is 0.231. The van der Waals surface area contributed by atoms with E-state index < -0.39 is 5.97 Å². The second kappa shape index (κ2) is 4.50. The molecule has 1 saturated carbocycles. The molecule has 1 aliphatic carbocycles. The molecule has 0 aliphatic heterocycles. The van der Waals surface area contributed by atoms with Crippen LogP contribution < -0.4 is 5.32 Å². The van der Waals surface area contributed by atoms with Gasteiger partial charge in [-0.25, -0.2) is 14.8 Å². The summed E-state index contributed by atoms with van der Waals surface area (Å²) in [6.45, 7) is 1.88. The molecule has 0 amide bonds. The summed E-state index contributed by atoms with van der Waals surface area (Å²) in [5.74, 6) is -0.220. The lowest BCUT2D eigenvalue weighted by atomic mass is 9.93. The lowest BCUT2D eigenvalue weighted by molar-refractivity contribution is 0.0698. The number of nitrogens with one attached hydrogen (secondary N) is 1. The molecule has 2 aromatic rings. The third kappa shape index (κ3) is 2.12. The van der Waals surface area contributed by atoms with Gasteiger partial charge in [-0.2, -0.15) is 0 Å². The Labute approximate surface area is 110 Å². The van der Waals surface area contributed by atoms with Gasteiger partial charge >= 0.3 is 5.97 Å². The van der Waals surface area contributed by atoms with E-state index >= 15 is 0 Å². The molecule has 0 atom stereocenters. The number of aromatic carboxylic acids is 1. The molecule has 1 fully saturated rings. The summed E-state index contributed by atoms with van der Waals surface area (Å²) in [6.07, 6.45) is 4.94. The number of carboxylic acid groups (broad SMARTS) is 1. The van der Waals surface area contributed by atoms with Gasteiger partial charge in [0, 0.05) is 11.4 Å². The number of nitrogens with zero attached hydrogens (tertiary/aromatic N) is 2. The fourth-order valence-corrected chi connectivity index (χ4v) is 2.34. The van der Waals surface area contributed by atoms with E-state index in [-0.39, 0.29) is 5.56 Å². The maximum Gasteiger partial charge on any atom is 0.337 e. The second-order valence-electron chi connectivity index (χ2n) is 5.01. The average molecular weight is 257 g/mol. The number of benzene rings is 1. The molecule has 1 aromatic carbocycles. The van der Waals surface area contributed by atoms with Gasteiger partial charge in [-0.1, -0.05) is 0 Å². The van der Waals surface area contributed by atoms with E-state index in [4.69, 9.17) is 0 Å². The van der Waals surface area contributed by atoms with Crippen molar-refractivity contribution in [2.24, 2.45) is 0 Å². The summed E-state index contributed by atoms with van der Waals surface area (Å²) < 4.78 is 0. The zero-order valence-corrected chi connectivity index (χ0v) is 10.7. The first-order chi connectivity index (χ1) is 9.15. The van der Waals surface area contributed by atoms with Crippen LogP contribution in [0.5, 0.6) is 0 Å². The summed E-state index contributed by atoms with van der Waals surface area (Å²) in [5, 5.41) is 13.4. The molecule has 0 unspecified atom stereocenters. The van der Waals surface area contributed by atoms with Crippen molar-refractivity contribution in [2.45, 2.75) is 32.2 Å². The molecule has 0 spiro atoms. The average Bonchev–Trinajstić information content (AvgIpc) is 2.33. The van der Waals surface area contributed by atoms with Crippen molar-refractivity contribution >= 4 is 22.7 Å². The molecular weight excluding hydrogens is 242 g/mol. The van der Waals surface area contributed by atoms with Gasteiger partial charge in [0.25, 0.3) is 0 Å². The molecule has 1 aromatic heterocycles. The monoisotopic (exact) mass is 257 g/mol. The maximum absolute atomic E-state index is 11.3. The molecule has 1 aliphatic rings. The van der Waals surface area contributed by atoms with Crippen molar-refractivity contribution in [3.8, 4) is 0 Å². The van der Waals surface area contributed by atoms with Gasteiger partial charge in [-0.3, -0.25) is 0 Å². The molecule has 0 bridgehead atoms. The Morgan fingerprint density at radius 1 is 1.37 bits per heavy atom. The molecular formula is C14H15N3O2. The van der Waals surface area contributed by atoms with E-state index in [1.807, 2.05) is 13.0 Å². The number of aromatic nitrogens is 2. The Balaban J connectivity index is 2.15. The van der Waals surface area contributed by atoms with Crippen molar-refractivity contribution < 1.29 is 9.90 Å². The van der Waals surface area contributed by atoms with Crippen molar-refractivity contribution in [3.63, 3.8) is 0 Å². The van der Waals surface area contributed by atoms with E-state index in [1.54, 1.807) is 6.07 Å². The molecule has 5 heteroatoms. The Morgan fingerprint density at radius 3 is 2.79 bits per heavy atom. The van der Waals surface area contributed by atoms with Crippen molar-refractivity contribution in [1.82, 2.24) is 9.97 Å². The van der Waals surface area contributed by atoms with Crippen molar-refractivity contribution in [2.75, 3.05) is 5.32 Å². The fraction of sp³-hybridized carbons (Fsp3) is 0.357. The topological polar surface area (TPSA) is 75.1 Å².